The van der Waals surface area contributed by atoms with Gasteiger partial charge in [-0.1, -0.05) is 13.8 Å². The van der Waals surface area contributed by atoms with E-state index >= 15 is 0 Å². The van der Waals surface area contributed by atoms with Crippen LogP contribution in [0, 0.1) is 0 Å². The molecule has 2 N–H and O–H groups in total. The van der Waals surface area contributed by atoms with Gasteiger partial charge in [-0.15, -0.1) is 0 Å². The third kappa shape index (κ3) is 7.09. The zero-order chi connectivity index (χ0) is 25.3. The molecule has 0 unspecified atom stereocenters. The van der Waals surface area contributed by atoms with Gasteiger partial charge in [0, 0.05) is 49.7 Å². The molecule has 36 heavy (non-hydrogen) atoms. The Morgan fingerprint density at radius 2 is 1.78 bits per heavy atom. The van der Waals surface area contributed by atoms with Gasteiger partial charge in [0.15, 0.2) is 16.6 Å². The van der Waals surface area contributed by atoms with Gasteiger partial charge in [0.1, 0.15) is 13.2 Å². The van der Waals surface area contributed by atoms with Crippen molar-refractivity contribution >= 4 is 28.2 Å². The maximum atomic E-state index is 13.0. The Kier molecular flexibility index (Phi) is 9.80. The molecule has 0 spiro atoms. The van der Waals surface area contributed by atoms with Crippen molar-refractivity contribution in [3.05, 3.63) is 34.1 Å². The SMILES string of the molecule is CCN(CC)CCCNC(=S)N(CCN1CCOCC1)Cc1cc2cc3c(cc2[nH]c1=O)OCCO3. The van der Waals surface area contributed by atoms with E-state index in [0.29, 0.717) is 41.9 Å². The number of pyridine rings is 1. The fourth-order valence-corrected chi connectivity index (χ4v) is 4.86. The van der Waals surface area contributed by atoms with Crippen LogP contribution < -0.4 is 20.3 Å². The Morgan fingerprint density at radius 1 is 1.06 bits per heavy atom. The summed E-state index contributed by atoms with van der Waals surface area (Å²) in [7, 11) is 0. The number of fused-ring (bicyclic) bond motifs is 2. The molecule has 1 aromatic heterocycles. The molecule has 0 aliphatic carbocycles. The first-order chi connectivity index (χ1) is 17.6. The van der Waals surface area contributed by atoms with Crippen LogP contribution in [0.5, 0.6) is 11.5 Å². The van der Waals surface area contributed by atoms with Crippen LogP contribution in [0.1, 0.15) is 25.8 Å². The summed E-state index contributed by atoms with van der Waals surface area (Å²) in [6.45, 7) is 14.8. The van der Waals surface area contributed by atoms with Crippen LogP contribution in [0.4, 0.5) is 0 Å². The normalized spacial score (nSPS) is 15.9. The van der Waals surface area contributed by atoms with Crippen LogP contribution >= 0.6 is 12.2 Å². The van der Waals surface area contributed by atoms with Gasteiger partial charge in [0.05, 0.1) is 25.3 Å². The standard InChI is InChI=1S/C26H39N5O4S/c1-3-29(4-2)7-5-6-27-26(36)31(9-8-30-10-12-33-13-11-30)19-21-16-20-17-23-24(35-15-14-34-23)18-22(20)28-25(21)32/h16-18H,3-15,19H2,1-2H3,(H,27,36)(H,28,32). The molecule has 2 aliphatic rings. The highest BCUT2D eigenvalue weighted by atomic mass is 32.1. The number of morpholine rings is 1. The van der Waals surface area contributed by atoms with E-state index in [9.17, 15) is 4.79 Å². The molecular formula is C26H39N5O4S. The predicted molar refractivity (Wildman–Crippen MR) is 146 cm³/mol. The molecule has 4 rings (SSSR count). The van der Waals surface area contributed by atoms with Crippen LogP contribution in [0.25, 0.3) is 10.9 Å². The molecule has 0 atom stereocenters. The minimum atomic E-state index is -0.111. The van der Waals surface area contributed by atoms with Gasteiger partial charge in [0.25, 0.3) is 5.56 Å². The summed E-state index contributed by atoms with van der Waals surface area (Å²) >= 11 is 5.81. The lowest BCUT2D eigenvalue weighted by Crippen LogP contribution is -2.46. The predicted octanol–water partition coefficient (Wildman–Crippen LogP) is 2.04. The van der Waals surface area contributed by atoms with Crippen molar-refractivity contribution < 1.29 is 14.2 Å². The lowest BCUT2D eigenvalue weighted by Gasteiger charge is -2.31. The third-order valence-corrected chi connectivity index (χ3v) is 7.25. The molecule has 0 radical (unpaired) electrons. The Balaban J connectivity index is 1.46. The molecule has 9 nitrogen and oxygen atoms in total. The number of hydrogen-bond donors (Lipinski definition) is 2. The third-order valence-electron chi connectivity index (χ3n) is 6.84. The maximum absolute atomic E-state index is 13.0. The number of rotatable bonds is 11. The van der Waals surface area contributed by atoms with Gasteiger partial charge in [-0.3, -0.25) is 9.69 Å². The molecule has 3 heterocycles. The number of nitrogens with zero attached hydrogens (tertiary/aromatic N) is 3. The van der Waals surface area contributed by atoms with E-state index in [2.05, 4.69) is 38.8 Å². The minimum absolute atomic E-state index is 0.111. The van der Waals surface area contributed by atoms with Crippen LogP contribution in [-0.2, 0) is 11.3 Å². The lowest BCUT2D eigenvalue weighted by molar-refractivity contribution is 0.0357. The second-order valence-corrected chi connectivity index (χ2v) is 9.58. The summed E-state index contributed by atoms with van der Waals surface area (Å²) < 4.78 is 16.9. The van der Waals surface area contributed by atoms with Gasteiger partial charge in [-0.25, -0.2) is 0 Å². The fraction of sp³-hybridized carbons (Fsp3) is 0.615. The quantitative estimate of drug-likeness (QED) is 0.344. The maximum Gasteiger partial charge on any atom is 0.253 e. The number of hydrogen-bond acceptors (Lipinski definition) is 7. The van der Waals surface area contributed by atoms with E-state index in [1.165, 1.54) is 0 Å². The first-order valence-corrected chi connectivity index (χ1v) is 13.5. The smallest absolute Gasteiger partial charge is 0.253 e. The average molecular weight is 518 g/mol. The molecule has 1 aromatic carbocycles. The van der Waals surface area contributed by atoms with E-state index in [0.717, 1.165) is 82.9 Å². The topological polar surface area (TPSA) is 82.3 Å². The van der Waals surface area contributed by atoms with Gasteiger partial charge in [0.2, 0.25) is 0 Å². The number of H-pyrrole nitrogens is 1. The second-order valence-electron chi connectivity index (χ2n) is 9.19. The van der Waals surface area contributed by atoms with Gasteiger partial charge < -0.3 is 34.3 Å². The van der Waals surface area contributed by atoms with Crippen molar-refractivity contribution in [2.75, 3.05) is 78.8 Å². The Bertz CT molecular complexity index is 1070. The summed E-state index contributed by atoms with van der Waals surface area (Å²) in [5.41, 5.74) is 1.30. The zero-order valence-corrected chi connectivity index (χ0v) is 22.3. The van der Waals surface area contributed by atoms with Gasteiger partial charge in [-0.2, -0.15) is 0 Å². The first-order valence-electron chi connectivity index (χ1n) is 13.1. The van der Waals surface area contributed by atoms with Crippen LogP contribution in [0.2, 0.25) is 0 Å². The lowest BCUT2D eigenvalue weighted by atomic mass is 10.1. The summed E-state index contributed by atoms with van der Waals surface area (Å²) in [4.78, 5) is 22.9. The summed E-state index contributed by atoms with van der Waals surface area (Å²) in [6, 6.07) is 5.72. The Morgan fingerprint density at radius 3 is 2.50 bits per heavy atom. The number of nitrogens with one attached hydrogen (secondary N) is 2. The highest BCUT2D eigenvalue weighted by Gasteiger charge is 2.18. The molecule has 0 bridgehead atoms. The Labute approximate surface area is 218 Å². The number of benzene rings is 1. The first kappa shape index (κ1) is 26.7. The van der Waals surface area contributed by atoms with Crippen molar-refractivity contribution in [1.82, 2.24) is 25.0 Å². The zero-order valence-electron chi connectivity index (χ0n) is 21.5. The molecule has 0 saturated carbocycles. The highest BCUT2D eigenvalue weighted by molar-refractivity contribution is 7.80. The molecule has 0 amide bonds. The second kappa shape index (κ2) is 13.2. The number of thiocarbonyl (C=S) groups is 1. The molecule has 198 valence electrons. The van der Waals surface area contributed by atoms with Crippen molar-refractivity contribution in [1.29, 1.82) is 0 Å². The molecule has 2 aromatic rings. The summed E-state index contributed by atoms with van der Waals surface area (Å²) in [5, 5.41) is 5.03. The fourth-order valence-electron chi connectivity index (χ4n) is 4.60. The van der Waals surface area contributed by atoms with Gasteiger partial charge >= 0.3 is 0 Å². The molecule has 10 heteroatoms. The molecular weight excluding hydrogens is 478 g/mol. The van der Waals surface area contributed by atoms with Crippen LogP contribution in [0.15, 0.2) is 23.0 Å². The van der Waals surface area contributed by atoms with Crippen molar-refractivity contribution in [3.8, 4) is 11.5 Å². The van der Waals surface area contributed by atoms with Crippen LogP contribution in [-0.4, -0.2) is 104 Å². The van der Waals surface area contributed by atoms with E-state index < -0.39 is 0 Å². The monoisotopic (exact) mass is 517 g/mol. The number of aromatic nitrogens is 1. The van der Waals surface area contributed by atoms with Crippen molar-refractivity contribution in [2.24, 2.45) is 0 Å². The van der Waals surface area contributed by atoms with Crippen molar-refractivity contribution in [3.63, 3.8) is 0 Å². The minimum Gasteiger partial charge on any atom is -0.486 e. The van der Waals surface area contributed by atoms with E-state index in [4.69, 9.17) is 26.4 Å². The average Bonchev–Trinajstić information content (AvgIpc) is 2.90. The van der Waals surface area contributed by atoms with Gasteiger partial charge in [-0.05, 0) is 50.4 Å². The van der Waals surface area contributed by atoms with E-state index in [1.807, 2.05) is 18.2 Å². The largest absolute Gasteiger partial charge is 0.486 e. The highest BCUT2D eigenvalue weighted by Crippen LogP contribution is 2.33. The van der Waals surface area contributed by atoms with E-state index in [-0.39, 0.29) is 5.56 Å². The molecule has 1 fully saturated rings. The summed E-state index contributed by atoms with van der Waals surface area (Å²) in [5.74, 6) is 1.38. The van der Waals surface area contributed by atoms with Crippen molar-refractivity contribution in [2.45, 2.75) is 26.8 Å². The van der Waals surface area contributed by atoms with E-state index in [1.54, 1.807) is 0 Å². The summed E-state index contributed by atoms with van der Waals surface area (Å²) in [6.07, 6.45) is 1.02. The molecule has 1 saturated heterocycles. The number of aromatic amines is 1. The Hall–Kier alpha value is -2.40. The number of ether oxygens (including phenoxy) is 3. The molecule has 2 aliphatic heterocycles. The van der Waals surface area contributed by atoms with Crippen LogP contribution in [0.3, 0.4) is 0 Å².